The highest BCUT2D eigenvalue weighted by atomic mass is 19.4. The Kier molecular flexibility index (Phi) is 14.7. The zero-order valence-corrected chi connectivity index (χ0v) is 29.4. The van der Waals surface area contributed by atoms with Crippen LogP contribution < -0.4 is 0 Å². The quantitative estimate of drug-likeness (QED) is 0.0397. The smallest absolute Gasteiger partial charge is 0.428 e. The van der Waals surface area contributed by atoms with Crippen molar-refractivity contribution in [1.82, 2.24) is 0 Å². The lowest BCUT2D eigenvalue weighted by atomic mass is 10.0. The molecule has 16 heteroatoms. The molecule has 4 rings (SSSR count). The van der Waals surface area contributed by atoms with Gasteiger partial charge in [0.1, 0.15) is 32.8 Å². The fraction of sp³-hybridized carbons (Fsp3) is 0.459. The van der Waals surface area contributed by atoms with Crippen LogP contribution in [0.5, 0.6) is 0 Å². The third kappa shape index (κ3) is 13.8. The van der Waals surface area contributed by atoms with Crippen LogP contribution in [0.15, 0.2) is 78.9 Å². The van der Waals surface area contributed by atoms with Crippen LogP contribution in [0.25, 0.3) is 0 Å². The first-order valence-electron chi connectivity index (χ1n) is 17.5. The number of hydrogen-bond donors (Lipinski definition) is 0. The second-order valence-corrected chi connectivity index (χ2v) is 13.5. The Labute approximate surface area is 305 Å². The molecule has 3 aromatic carbocycles. The Balaban J connectivity index is 1.28. The summed E-state index contributed by atoms with van der Waals surface area (Å²) in [6.45, 7) is 2.11. The van der Waals surface area contributed by atoms with Crippen molar-refractivity contribution in [3.05, 3.63) is 116 Å². The number of nitro groups is 2. The number of carbonyl (C=O) groups is 2. The summed E-state index contributed by atoms with van der Waals surface area (Å²) in [6.07, 6.45) is -2.91. The molecule has 1 aliphatic heterocycles. The van der Waals surface area contributed by atoms with E-state index in [4.69, 9.17) is 14.2 Å². The minimum Gasteiger partial charge on any atom is -0.428 e. The molecule has 1 atom stereocenters. The number of ether oxygens (including phenoxy) is 3. The highest BCUT2D eigenvalue weighted by Crippen LogP contribution is 2.28. The highest BCUT2D eigenvalue weighted by Gasteiger charge is 2.36. The topological polar surface area (TPSA) is 148 Å². The number of esters is 1. The van der Waals surface area contributed by atoms with E-state index in [1.165, 1.54) is 36.4 Å². The van der Waals surface area contributed by atoms with Crippen molar-refractivity contribution in [2.75, 3.05) is 46.1 Å². The fourth-order valence-electron chi connectivity index (χ4n) is 6.82. The zero-order valence-electron chi connectivity index (χ0n) is 29.4. The molecule has 0 aromatic heterocycles. The number of piperidine rings is 1. The molecule has 13 nitrogen and oxygen atoms in total. The lowest BCUT2D eigenvalue weighted by molar-refractivity contribution is -0.954. The van der Waals surface area contributed by atoms with Crippen molar-refractivity contribution in [2.45, 2.75) is 64.3 Å². The molecule has 1 fully saturated rings. The average Bonchev–Trinajstić information content (AvgIpc) is 3.12. The highest BCUT2D eigenvalue weighted by molar-refractivity contribution is 5.69. The van der Waals surface area contributed by atoms with Crippen LogP contribution in [-0.2, 0) is 38.6 Å². The fourth-order valence-corrected chi connectivity index (χ4v) is 6.82. The van der Waals surface area contributed by atoms with E-state index in [0.29, 0.717) is 25.1 Å². The molecule has 286 valence electrons. The second-order valence-electron chi connectivity index (χ2n) is 13.5. The van der Waals surface area contributed by atoms with Gasteiger partial charge in [-0.2, -0.15) is 13.2 Å². The van der Waals surface area contributed by atoms with Crippen LogP contribution >= 0.6 is 0 Å². The van der Waals surface area contributed by atoms with E-state index in [0.717, 1.165) is 48.0 Å². The summed E-state index contributed by atoms with van der Waals surface area (Å²) in [5.41, 5.74) is 2.19. The van der Waals surface area contributed by atoms with Crippen LogP contribution in [0.4, 0.5) is 29.3 Å². The number of nitrogens with zero attached hydrogens (tertiary/aromatic N) is 4. The summed E-state index contributed by atoms with van der Waals surface area (Å²) in [5.74, 6) is -0.572. The summed E-state index contributed by atoms with van der Waals surface area (Å²) < 4.78 is 56.4. The maximum Gasteiger partial charge on any atom is 0.511 e. The number of rotatable bonds is 19. The van der Waals surface area contributed by atoms with Crippen molar-refractivity contribution in [3.8, 4) is 0 Å². The van der Waals surface area contributed by atoms with Gasteiger partial charge in [0.05, 0.1) is 48.9 Å². The van der Waals surface area contributed by atoms with Crippen LogP contribution in [0.2, 0.25) is 0 Å². The molecule has 0 N–H and O–H groups in total. The van der Waals surface area contributed by atoms with Gasteiger partial charge in [-0.1, -0.05) is 30.3 Å². The van der Waals surface area contributed by atoms with Crippen molar-refractivity contribution < 1.29 is 55.8 Å². The molecule has 53 heavy (non-hydrogen) atoms. The molecular formula is C37H45F3N4O9+2. The van der Waals surface area contributed by atoms with E-state index in [9.17, 15) is 43.0 Å². The number of benzene rings is 3. The maximum absolute atomic E-state index is 13.5. The molecule has 1 aliphatic rings. The Morgan fingerprint density at radius 2 is 1.30 bits per heavy atom. The largest absolute Gasteiger partial charge is 0.511 e. The lowest BCUT2D eigenvalue weighted by Gasteiger charge is -2.41. The zero-order chi connectivity index (χ0) is 38.3. The van der Waals surface area contributed by atoms with E-state index < -0.39 is 41.4 Å². The Morgan fingerprint density at radius 1 is 0.736 bits per heavy atom. The van der Waals surface area contributed by atoms with Crippen molar-refractivity contribution in [1.29, 1.82) is 0 Å². The molecule has 0 radical (unpaired) electrons. The molecule has 1 saturated heterocycles. The molecular weight excluding hydrogens is 701 g/mol. The monoisotopic (exact) mass is 746 g/mol. The third-order valence-electron chi connectivity index (χ3n) is 9.52. The summed E-state index contributed by atoms with van der Waals surface area (Å²) in [6, 6.07) is 21.0. The maximum atomic E-state index is 13.5. The number of alkyl halides is 3. The van der Waals surface area contributed by atoms with Gasteiger partial charge in [0.25, 0.3) is 11.4 Å². The van der Waals surface area contributed by atoms with Crippen molar-refractivity contribution in [2.24, 2.45) is 0 Å². The number of nitro benzene ring substituents is 2. The summed E-state index contributed by atoms with van der Waals surface area (Å²) in [5, 5.41) is 22.2. The van der Waals surface area contributed by atoms with Crippen molar-refractivity contribution in [3.63, 3.8) is 0 Å². The number of halogens is 3. The van der Waals surface area contributed by atoms with Gasteiger partial charge in [0.15, 0.2) is 0 Å². The summed E-state index contributed by atoms with van der Waals surface area (Å²) in [7, 11) is 0. The minimum atomic E-state index is -4.46. The first-order valence-corrected chi connectivity index (χ1v) is 17.5. The van der Waals surface area contributed by atoms with E-state index in [1.54, 1.807) is 42.5 Å². The van der Waals surface area contributed by atoms with Crippen LogP contribution in [0, 0.1) is 20.2 Å². The number of carbonyl (C=O) groups excluding carboxylic acids is 2. The molecule has 0 aliphatic carbocycles. The number of quaternary nitrogens is 2. The van der Waals surface area contributed by atoms with Crippen LogP contribution in [0.3, 0.4) is 0 Å². The standard InChI is InChI=1S/C37H45F3N4O9/c38-37(39,40)19-23-44(27-30-8-3-1-4-9-30,28-32-13-17-34(18-14-32)42(49)50)24-25-51-36(46)53-29-52-35(45)10-7-22-43(20-5-2-6-21-43)26-31-11-15-33(16-12-31)41(47)48/h1,3-4,8-9,11-18H,2,5-7,10,19-29H2/q+2. The number of hydrogen-bond acceptors (Lipinski definition) is 9. The van der Waals surface area contributed by atoms with Crippen molar-refractivity contribution >= 4 is 23.5 Å². The first-order chi connectivity index (χ1) is 25.3. The average molecular weight is 747 g/mol. The summed E-state index contributed by atoms with van der Waals surface area (Å²) >= 11 is 0. The second kappa shape index (κ2) is 19.1. The van der Waals surface area contributed by atoms with Gasteiger partial charge in [-0.05, 0) is 43.5 Å². The normalized spacial score (nSPS) is 15.2. The minimum absolute atomic E-state index is 0.0310. The van der Waals surface area contributed by atoms with E-state index in [-0.39, 0.29) is 55.1 Å². The van der Waals surface area contributed by atoms with Gasteiger partial charge >= 0.3 is 18.3 Å². The molecule has 0 spiro atoms. The van der Waals surface area contributed by atoms with Gasteiger partial charge in [-0.15, -0.1) is 0 Å². The Bertz CT molecular complexity index is 1650. The number of non-ortho nitro benzene ring substituents is 2. The Morgan fingerprint density at radius 3 is 1.87 bits per heavy atom. The Hall–Kier alpha value is -5.09. The summed E-state index contributed by atoms with van der Waals surface area (Å²) in [4.78, 5) is 46.1. The van der Waals surface area contributed by atoms with Crippen LogP contribution in [0.1, 0.15) is 55.2 Å². The number of likely N-dealkylation sites (tertiary alicyclic amines) is 1. The van der Waals surface area contributed by atoms with Gasteiger partial charge in [-0.25, -0.2) is 4.79 Å². The van der Waals surface area contributed by atoms with E-state index in [1.807, 2.05) is 0 Å². The predicted molar refractivity (Wildman–Crippen MR) is 186 cm³/mol. The third-order valence-corrected chi connectivity index (χ3v) is 9.52. The molecule has 0 saturated carbocycles. The molecule has 0 bridgehead atoms. The van der Waals surface area contributed by atoms with E-state index in [2.05, 4.69) is 0 Å². The molecule has 0 amide bonds. The SMILES string of the molecule is O=C(CCC[N+]1(Cc2ccc([N+](=O)[O-])cc2)CCCCC1)OCOC(=O)OCC[N+](CCC(F)(F)F)(Cc1ccccc1)Cc1ccc([N+](=O)[O-])cc1. The van der Waals surface area contributed by atoms with Gasteiger partial charge in [0.2, 0.25) is 6.79 Å². The first kappa shape index (κ1) is 40.7. The molecule has 1 heterocycles. The van der Waals surface area contributed by atoms with Gasteiger partial charge < -0.3 is 23.2 Å². The van der Waals surface area contributed by atoms with Gasteiger partial charge in [0, 0.05) is 47.4 Å². The van der Waals surface area contributed by atoms with Crippen LogP contribution in [-0.4, -0.2) is 83.2 Å². The lowest BCUT2D eigenvalue weighted by Crippen LogP contribution is -2.51. The molecule has 3 aromatic rings. The van der Waals surface area contributed by atoms with Gasteiger partial charge in [-0.3, -0.25) is 25.0 Å². The van der Waals surface area contributed by atoms with E-state index >= 15 is 0 Å². The molecule has 1 unspecified atom stereocenters. The predicted octanol–water partition coefficient (Wildman–Crippen LogP) is 7.61.